The van der Waals surface area contributed by atoms with Crippen LogP contribution in [-0.4, -0.2) is 25.9 Å². The molecule has 1 aromatic carbocycles. The Morgan fingerprint density at radius 1 is 1.08 bits per heavy atom. The quantitative estimate of drug-likeness (QED) is 0.646. The minimum absolute atomic E-state index is 0.200. The predicted molar refractivity (Wildman–Crippen MR) is 96.9 cm³/mol. The molecule has 2 rings (SSSR count). The Morgan fingerprint density at radius 3 is 2.29 bits per heavy atom. The van der Waals surface area contributed by atoms with Crippen LogP contribution in [0.1, 0.15) is 64.9 Å². The largest absolute Gasteiger partial charge is 0.488 e. The number of hydrogen-bond acceptors (Lipinski definition) is 4. The summed E-state index contributed by atoms with van der Waals surface area (Å²) >= 11 is 0. The van der Waals surface area contributed by atoms with E-state index in [1.54, 1.807) is 13.8 Å². The Kier molecular flexibility index (Phi) is 7.11. The summed E-state index contributed by atoms with van der Waals surface area (Å²) in [6.45, 7) is 5.47. The van der Waals surface area contributed by atoms with Crippen LogP contribution in [0.2, 0.25) is 0 Å². The van der Waals surface area contributed by atoms with Crippen molar-refractivity contribution >= 4 is 10.1 Å². The van der Waals surface area contributed by atoms with E-state index < -0.39 is 15.4 Å². The van der Waals surface area contributed by atoms with E-state index in [1.165, 1.54) is 18.4 Å². The van der Waals surface area contributed by atoms with Gasteiger partial charge in [-0.25, -0.2) is 0 Å². The minimum Gasteiger partial charge on any atom is -0.488 e. The van der Waals surface area contributed by atoms with E-state index in [4.69, 9.17) is 8.92 Å². The molecule has 24 heavy (non-hydrogen) atoms. The Bertz CT molecular complexity index is 592. The molecule has 0 radical (unpaired) electrons. The number of benzene rings is 1. The molecule has 4 nitrogen and oxygen atoms in total. The van der Waals surface area contributed by atoms with Gasteiger partial charge in [0.2, 0.25) is 0 Å². The molecule has 0 amide bonds. The van der Waals surface area contributed by atoms with Crippen molar-refractivity contribution in [3.05, 3.63) is 29.8 Å². The lowest BCUT2D eigenvalue weighted by atomic mass is 9.95. The van der Waals surface area contributed by atoms with Crippen molar-refractivity contribution in [2.45, 2.75) is 83.2 Å². The molecule has 0 bridgehead atoms. The van der Waals surface area contributed by atoms with E-state index >= 15 is 0 Å². The van der Waals surface area contributed by atoms with Crippen LogP contribution in [-0.2, 0) is 20.7 Å². The first-order valence-electron chi connectivity index (χ1n) is 9.10. The van der Waals surface area contributed by atoms with E-state index in [1.807, 2.05) is 12.1 Å². The Labute approximate surface area is 146 Å². The van der Waals surface area contributed by atoms with Gasteiger partial charge in [-0.2, -0.15) is 8.42 Å². The van der Waals surface area contributed by atoms with Crippen LogP contribution in [0.3, 0.4) is 0 Å². The lowest BCUT2D eigenvalue weighted by molar-refractivity contribution is 0.0265. The average Bonchev–Trinajstić information content (AvgIpc) is 2.55. The average molecular weight is 355 g/mol. The molecular formula is C19H30O4S. The number of aryl methyl sites for hydroxylation is 1. The van der Waals surface area contributed by atoms with Gasteiger partial charge in [-0.05, 0) is 63.6 Å². The molecule has 5 heteroatoms. The maximum Gasteiger partial charge on any atom is 0.270 e. The summed E-state index contributed by atoms with van der Waals surface area (Å²) in [5.41, 5.74) is 1.31. The molecule has 1 aromatic rings. The van der Waals surface area contributed by atoms with Crippen LogP contribution < -0.4 is 4.74 Å². The fourth-order valence-corrected chi connectivity index (χ4v) is 3.67. The van der Waals surface area contributed by atoms with E-state index in [0.717, 1.165) is 37.9 Å². The molecule has 0 saturated heterocycles. The van der Waals surface area contributed by atoms with Crippen molar-refractivity contribution in [3.8, 4) is 5.75 Å². The van der Waals surface area contributed by atoms with Crippen LogP contribution in [0.5, 0.6) is 5.75 Å². The normalized spacial score (nSPS) is 21.8. The fraction of sp³-hybridized carbons (Fsp3) is 0.684. The van der Waals surface area contributed by atoms with Crippen molar-refractivity contribution in [1.29, 1.82) is 0 Å². The third-order valence-corrected chi connectivity index (χ3v) is 6.18. The summed E-state index contributed by atoms with van der Waals surface area (Å²) in [4.78, 5) is 0. The monoisotopic (exact) mass is 354 g/mol. The molecule has 1 aliphatic rings. The highest BCUT2D eigenvalue weighted by Gasteiger charge is 2.33. The Morgan fingerprint density at radius 2 is 1.71 bits per heavy atom. The van der Waals surface area contributed by atoms with E-state index in [9.17, 15) is 8.42 Å². The fourth-order valence-electron chi connectivity index (χ4n) is 2.88. The van der Waals surface area contributed by atoms with Gasteiger partial charge >= 0.3 is 0 Å². The second kappa shape index (κ2) is 8.86. The lowest BCUT2D eigenvalue weighted by Crippen LogP contribution is -2.39. The molecule has 1 saturated carbocycles. The van der Waals surface area contributed by atoms with E-state index in [2.05, 4.69) is 19.1 Å². The van der Waals surface area contributed by atoms with Crippen LogP contribution in [0.25, 0.3) is 0 Å². The highest BCUT2D eigenvalue weighted by atomic mass is 32.2. The zero-order chi connectivity index (χ0) is 17.6. The summed E-state index contributed by atoms with van der Waals surface area (Å²) in [5, 5.41) is -0.530. The zero-order valence-electron chi connectivity index (χ0n) is 15.0. The highest BCUT2D eigenvalue weighted by molar-refractivity contribution is 7.87. The van der Waals surface area contributed by atoms with Gasteiger partial charge in [0.05, 0.1) is 5.25 Å². The van der Waals surface area contributed by atoms with Crippen molar-refractivity contribution in [2.24, 2.45) is 0 Å². The first kappa shape index (κ1) is 19.3. The molecule has 136 valence electrons. The van der Waals surface area contributed by atoms with E-state index in [-0.39, 0.29) is 12.2 Å². The van der Waals surface area contributed by atoms with Crippen LogP contribution >= 0.6 is 0 Å². The van der Waals surface area contributed by atoms with Gasteiger partial charge in [0.15, 0.2) is 0 Å². The SMILES string of the molecule is CCCCc1ccc(OC2CCCCC2OS(=O)(=O)C(C)C)cc1. The van der Waals surface area contributed by atoms with Crippen LogP contribution in [0.4, 0.5) is 0 Å². The third kappa shape index (κ3) is 5.49. The second-order valence-electron chi connectivity index (χ2n) is 6.86. The third-order valence-electron chi connectivity index (χ3n) is 4.51. The molecule has 0 N–H and O–H groups in total. The number of rotatable bonds is 8. The van der Waals surface area contributed by atoms with Crippen molar-refractivity contribution < 1.29 is 17.3 Å². The molecule has 2 atom stereocenters. The molecule has 1 fully saturated rings. The summed E-state index contributed by atoms with van der Waals surface area (Å²) in [5.74, 6) is 0.790. The first-order valence-corrected chi connectivity index (χ1v) is 10.6. The molecular weight excluding hydrogens is 324 g/mol. The van der Waals surface area contributed by atoms with Gasteiger partial charge in [0.25, 0.3) is 10.1 Å². The smallest absolute Gasteiger partial charge is 0.270 e. The molecule has 0 spiro atoms. The van der Waals surface area contributed by atoms with Gasteiger partial charge in [-0.1, -0.05) is 31.9 Å². The van der Waals surface area contributed by atoms with Crippen molar-refractivity contribution in [3.63, 3.8) is 0 Å². The Balaban J connectivity index is 2.00. The van der Waals surface area contributed by atoms with Gasteiger partial charge in [0.1, 0.15) is 18.0 Å². The van der Waals surface area contributed by atoms with Crippen molar-refractivity contribution in [2.75, 3.05) is 0 Å². The highest BCUT2D eigenvalue weighted by Crippen LogP contribution is 2.28. The van der Waals surface area contributed by atoms with Crippen LogP contribution in [0, 0.1) is 0 Å². The topological polar surface area (TPSA) is 52.6 Å². The van der Waals surface area contributed by atoms with Crippen LogP contribution in [0.15, 0.2) is 24.3 Å². The summed E-state index contributed by atoms with van der Waals surface area (Å²) in [7, 11) is -3.52. The lowest BCUT2D eigenvalue weighted by Gasteiger charge is -2.31. The van der Waals surface area contributed by atoms with Gasteiger partial charge < -0.3 is 4.74 Å². The zero-order valence-corrected chi connectivity index (χ0v) is 15.8. The van der Waals surface area contributed by atoms with Gasteiger partial charge in [-0.3, -0.25) is 4.18 Å². The molecule has 1 aliphatic carbocycles. The van der Waals surface area contributed by atoms with Gasteiger partial charge in [-0.15, -0.1) is 0 Å². The molecule has 0 aliphatic heterocycles. The molecule has 0 aromatic heterocycles. The number of hydrogen-bond donors (Lipinski definition) is 0. The molecule has 0 heterocycles. The van der Waals surface area contributed by atoms with E-state index in [0.29, 0.717) is 0 Å². The summed E-state index contributed by atoms with van der Waals surface area (Å²) < 4.78 is 35.6. The first-order chi connectivity index (χ1) is 11.4. The predicted octanol–water partition coefficient (Wildman–Crippen LogP) is 4.47. The standard InChI is InChI=1S/C19H30O4S/c1-4-5-8-16-11-13-17(14-12-16)22-18-9-6-7-10-19(18)23-24(20,21)15(2)3/h11-15,18-19H,4-10H2,1-3H3. The maximum atomic E-state index is 12.1. The second-order valence-corrected chi connectivity index (χ2v) is 8.99. The number of unbranched alkanes of at least 4 members (excludes halogenated alkanes) is 1. The summed E-state index contributed by atoms with van der Waals surface area (Å²) in [6, 6.07) is 8.14. The molecule has 2 unspecified atom stereocenters. The van der Waals surface area contributed by atoms with Gasteiger partial charge in [0, 0.05) is 0 Å². The minimum atomic E-state index is -3.52. The van der Waals surface area contributed by atoms with Crippen molar-refractivity contribution in [1.82, 2.24) is 0 Å². The summed E-state index contributed by atoms with van der Waals surface area (Å²) in [6.07, 6.45) is 6.45. The maximum absolute atomic E-state index is 12.1. The Hall–Kier alpha value is -1.07. The number of ether oxygens (including phenoxy) is 1.